The smallest absolute Gasteiger partial charge is 0.120 e. The van der Waals surface area contributed by atoms with Gasteiger partial charge in [0, 0.05) is 6.54 Å². The Morgan fingerprint density at radius 2 is 2.53 bits per heavy atom. The van der Waals surface area contributed by atoms with Gasteiger partial charge in [-0.3, -0.25) is 4.90 Å². The zero-order chi connectivity index (χ0) is 10.7. The van der Waals surface area contributed by atoms with Gasteiger partial charge in [0.1, 0.15) is 5.76 Å². The molecule has 0 spiro atoms. The van der Waals surface area contributed by atoms with Crippen molar-refractivity contribution in [2.75, 3.05) is 26.7 Å². The van der Waals surface area contributed by atoms with Crippen LogP contribution in [0.5, 0.6) is 0 Å². The highest BCUT2D eigenvalue weighted by atomic mass is 16.3. The molecule has 1 aromatic heterocycles. The molecule has 2 rings (SSSR count). The van der Waals surface area contributed by atoms with Crippen LogP contribution in [0.3, 0.4) is 0 Å². The van der Waals surface area contributed by atoms with Gasteiger partial charge < -0.3 is 9.73 Å². The van der Waals surface area contributed by atoms with Crippen LogP contribution in [0.15, 0.2) is 22.8 Å². The van der Waals surface area contributed by atoms with E-state index in [4.69, 9.17) is 4.42 Å². The second-order valence-corrected chi connectivity index (χ2v) is 4.49. The predicted octanol–water partition coefficient (Wildman–Crippen LogP) is 1.88. The van der Waals surface area contributed by atoms with E-state index in [-0.39, 0.29) is 0 Å². The lowest BCUT2D eigenvalue weighted by atomic mass is 10.1. The molecule has 0 bridgehead atoms. The molecular weight excluding hydrogens is 188 g/mol. The summed E-state index contributed by atoms with van der Waals surface area (Å²) in [6.45, 7) is 5.68. The molecule has 2 unspecified atom stereocenters. The molecule has 15 heavy (non-hydrogen) atoms. The zero-order valence-corrected chi connectivity index (χ0v) is 9.57. The van der Waals surface area contributed by atoms with E-state index in [1.165, 1.54) is 13.0 Å². The first-order valence-corrected chi connectivity index (χ1v) is 5.71. The third kappa shape index (κ3) is 2.61. The summed E-state index contributed by atoms with van der Waals surface area (Å²) < 4.78 is 5.42. The summed E-state index contributed by atoms with van der Waals surface area (Å²) in [5.74, 6) is 1.86. The van der Waals surface area contributed by atoms with Crippen molar-refractivity contribution in [3.05, 3.63) is 24.2 Å². The highest BCUT2D eigenvalue weighted by Gasteiger charge is 2.20. The fraction of sp³-hybridized carbons (Fsp3) is 0.667. The van der Waals surface area contributed by atoms with Crippen molar-refractivity contribution < 1.29 is 4.42 Å². The Labute approximate surface area is 91.4 Å². The van der Waals surface area contributed by atoms with Crippen molar-refractivity contribution in [3.8, 4) is 0 Å². The second kappa shape index (κ2) is 4.81. The zero-order valence-electron chi connectivity index (χ0n) is 9.57. The van der Waals surface area contributed by atoms with Gasteiger partial charge in [-0.1, -0.05) is 0 Å². The van der Waals surface area contributed by atoms with Gasteiger partial charge in [-0.25, -0.2) is 0 Å². The molecule has 1 aromatic rings. The van der Waals surface area contributed by atoms with Crippen molar-refractivity contribution in [3.63, 3.8) is 0 Å². The van der Waals surface area contributed by atoms with Crippen LogP contribution in [0.25, 0.3) is 0 Å². The minimum Gasteiger partial charge on any atom is -0.468 e. The third-order valence-corrected chi connectivity index (χ3v) is 3.32. The molecule has 2 atom stereocenters. The average molecular weight is 208 g/mol. The maximum Gasteiger partial charge on any atom is 0.120 e. The fourth-order valence-electron chi connectivity index (χ4n) is 2.18. The van der Waals surface area contributed by atoms with Crippen molar-refractivity contribution >= 4 is 0 Å². The van der Waals surface area contributed by atoms with Crippen molar-refractivity contribution in [2.24, 2.45) is 5.92 Å². The van der Waals surface area contributed by atoms with E-state index in [9.17, 15) is 0 Å². The molecule has 84 valence electrons. The van der Waals surface area contributed by atoms with Crippen LogP contribution in [0.4, 0.5) is 0 Å². The highest BCUT2D eigenvalue weighted by molar-refractivity contribution is 5.03. The Kier molecular flexibility index (Phi) is 3.44. The number of hydrogen-bond acceptors (Lipinski definition) is 3. The Bertz CT molecular complexity index is 278. The van der Waals surface area contributed by atoms with Crippen LogP contribution in [0.2, 0.25) is 0 Å². The van der Waals surface area contributed by atoms with Crippen LogP contribution in [0.1, 0.15) is 25.1 Å². The molecule has 0 saturated carbocycles. The molecule has 1 N–H and O–H groups in total. The summed E-state index contributed by atoms with van der Waals surface area (Å²) in [5.41, 5.74) is 0. The Hall–Kier alpha value is -0.800. The number of furan rings is 1. The van der Waals surface area contributed by atoms with Crippen molar-refractivity contribution in [1.82, 2.24) is 10.2 Å². The number of nitrogens with zero attached hydrogens (tertiary/aromatic N) is 1. The van der Waals surface area contributed by atoms with Crippen LogP contribution >= 0.6 is 0 Å². The van der Waals surface area contributed by atoms with Gasteiger partial charge in [0.2, 0.25) is 0 Å². The number of hydrogen-bond donors (Lipinski definition) is 1. The standard InChI is InChI=1S/C12H20N2O/c1-10(12-4-3-7-15-12)14(2)9-11-5-6-13-8-11/h3-4,7,10-11,13H,5-6,8-9H2,1-2H3. The third-order valence-electron chi connectivity index (χ3n) is 3.32. The quantitative estimate of drug-likeness (QED) is 0.819. The van der Waals surface area contributed by atoms with Gasteiger partial charge in [-0.15, -0.1) is 0 Å². The predicted molar refractivity (Wildman–Crippen MR) is 60.7 cm³/mol. The van der Waals surface area contributed by atoms with E-state index < -0.39 is 0 Å². The van der Waals surface area contributed by atoms with Gasteiger partial charge in [0.25, 0.3) is 0 Å². The van der Waals surface area contributed by atoms with Gasteiger partial charge in [0.05, 0.1) is 12.3 Å². The first kappa shape index (κ1) is 10.7. The lowest BCUT2D eigenvalue weighted by molar-refractivity contribution is 0.203. The van der Waals surface area contributed by atoms with Crippen molar-refractivity contribution in [1.29, 1.82) is 0 Å². The topological polar surface area (TPSA) is 28.4 Å². The molecule has 1 aliphatic rings. The molecule has 0 radical (unpaired) electrons. The second-order valence-electron chi connectivity index (χ2n) is 4.49. The van der Waals surface area contributed by atoms with E-state index in [1.54, 1.807) is 6.26 Å². The number of nitrogens with one attached hydrogen (secondary N) is 1. The fourth-order valence-corrected chi connectivity index (χ4v) is 2.18. The molecule has 1 fully saturated rings. The molecular formula is C12H20N2O. The molecule has 2 heterocycles. The Morgan fingerprint density at radius 3 is 3.13 bits per heavy atom. The first-order chi connectivity index (χ1) is 7.27. The van der Waals surface area contributed by atoms with E-state index in [0.717, 1.165) is 24.8 Å². The van der Waals surface area contributed by atoms with Gasteiger partial charge in [-0.2, -0.15) is 0 Å². The van der Waals surface area contributed by atoms with E-state index in [2.05, 4.69) is 24.2 Å². The lowest BCUT2D eigenvalue weighted by Crippen LogP contribution is -2.29. The van der Waals surface area contributed by atoms with Crippen molar-refractivity contribution in [2.45, 2.75) is 19.4 Å². The minimum absolute atomic E-state index is 0.376. The molecule has 1 saturated heterocycles. The monoisotopic (exact) mass is 208 g/mol. The van der Waals surface area contributed by atoms with Crippen LogP contribution in [-0.2, 0) is 0 Å². The highest BCUT2D eigenvalue weighted by Crippen LogP contribution is 2.21. The molecule has 3 nitrogen and oxygen atoms in total. The summed E-state index contributed by atoms with van der Waals surface area (Å²) in [5, 5.41) is 3.40. The van der Waals surface area contributed by atoms with Crippen LogP contribution in [0, 0.1) is 5.92 Å². The Balaban J connectivity index is 1.87. The largest absolute Gasteiger partial charge is 0.468 e. The minimum atomic E-state index is 0.376. The molecule has 1 aliphatic heterocycles. The van der Waals surface area contributed by atoms with Gasteiger partial charge in [-0.05, 0) is 51.5 Å². The maximum atomic E-state index is 5.42. The molecule has 3 heteroatoms. The SMILES string of the molecule is CC(c1ccco1)N(C)CC1CCNC1. The normalized spacial score (nSPS) is 23.5. The molecule has 0 aliphatic carbocycles. The summed E-state index contributed by atoms with van der Waals surface area (Å²) >= 11 is 0. The maximum absolute atomic E-state index is 5.42. The average Bonchev–Trinajstić information content (AvgIpc) is 2.88. The van der Waals surface area contributed by atoms with Crippen LogP contribution in [-0.4, -0.2) is 31.6 Å². The number of rotatable bonds is 4. The Morgan fingerprint density at radius 1 is 1.67 bits per heavy atom. The van der Waals surface area contributed by atoms with Gasteiger partial charge in [0.15, 0.2) is 0 Å². The first-order valence-electron chi connectivity index (χ1n) is 5.71. The summed E-state index contributed by atoms with van der Waals surface area (Å²) in [6.07, 6.45) is 3.05. The van der Waals surface area contributed by atoms with E-state index >= 15 is 0 Å². The van der Waals surface area contributed by atoms with E-state index in [1.807, 2.05) is 12.1 Å². The van der Waals surface area contributed by atoms with E-state index in [0.29, 0.717) is 6.04 Å². The molecule has 0 aromatic carbocycles. The lowest BCUT2D eigenvalue weighted by Gasteiger charge is -2.25. The van der Waals surface area contributed by atoms with Gasteiger partial charge >= 0.3 is 0 Å². The molecule has 0 amide bonds. The summed E-state index contributed by atoms with van der Waals surface area (Å²) in [7, 11) is 2.17. The summed E-state index contributed by atoms with van der Waals surface area (Å²) in [6, 6.07) is 4.38. The van der Waals surface area contributed by atoms with Crippen LogP contribution < -0.4 is 5.32 Å². The summed E-state index contributed by atoms with van der Waals surface area (Å²) in [4.78, 5) is 2.37.